The van der Waals surface area contributed by atoms with Crippen molar-refractivity contribution in [1.29, 1.82) is 0 Å². The maximum atomic E-state index is 12.2. The number of hydrogen-bond acceptors (Lipinski definition) is 6. The fourth-order valence-corrected chi connectivity index (χ4v) is 3.70. The molecule has 0 bridgehead atoms. The van der Waals surface area contributed by atoms with Crippen LogP contribution in [0.5, 0.6) is 5.75 Å². The lowest BCUT2D eigenvalue weighted by atomic mass is 10.2. The minimum Gasteiger partial charge on any atom is -0.493 e. The van der Waals surface area contributed by atoms with Crippen molar-refractivity contribution in [3.05, 3.63) is 48.2 Å². The minimum atomic E-state index is -0.0811. The molecule has 0 aliphatic carbocycles. The number of carbonyl (C=O) groups is 1. The Hall–Kier alpha value is -2.87. The Morgan fingerprint density at radius 1 is 1.30 bits per heavy atom. The highest BCUT2D eigenvalue weighted by Gasteiger charge is 2.19. The number of para-hydroxylation sites is 1. The van der Waals surface area contributed by atoms with Crippen LogP contribution in [-0.2, 0) is 17.8 Å². The summed E-state index contributed by atoms with van der Waals surface area (Å²) in [6, 6.07) is 11.3. The predicted molar refractivity (Wildman–Crippen MR) is 104 cm³/mol. The number of benzene rings is 1. The summed E-state index contributed by atoms with van der Waals surface area (Å²) in [5, 5.41) is 12.1. The second-order valence-electron chi connectivity index (χ2n) is 6.03. The Balaban J connectivity index is 1.47. The average Bonchev–Trinajstić information content (AvgIpc) is 3.32. The number of hydrogen-bond donors (Lipinski definition) is 1. The molecule has 0 saturated heterocycles. The number of anilines is 1. The zero-order valence-corrected chi connectivity index (χ0v) is 15.7. The third-order valence-electron chi connectivity index (χ3n) is 4.22. The molecule has 0 spiro atoms. The van der Waals surface area contributed by atoms with Gasteiger partial charge in [0.05, 0.1) is 12.4 Å². The van der Waals surface area contributed by atoms with Crippen molar-refractivity contribution in [2.75, 3.05) is 17.7 Å². The van der Waals surface area contributed by atoms with Crippen molar-refractivity contribution >= 4 is 23.4 Å². The number of fused-ring (bicyclic) bond motifs is 1. The normalized spacial score (nSPS) is 12.5. The molecule has 3 heterocycles. The molecule has 2 aromatic heterocycles. The topological polar surface area (TPSA) is 81.9 Å². The lowest BCUT2D eigenvalue weighted by molar-refractivity contribution is -0.113. The standard InChI is InChI=1S/C19H19N5O2S/c1-2-24-18(15-10-16-13(11-20-15)8-9-26-16)22-23-19(24)27-12-17(25)21-14-6-4-3-5-7-14/h3-7,10-11H,2,8-9,12H2,1H3,(H,21,25). The van der Waals surface area contributed by atoms with E-state index < -0.39 is 0 Å². The summed E-state index contributed by atoms with van der Waals surface area (Å²) >= 11 is 1.36. The molecule has 1 N–H and O–H groups in total. The molecule has 7 nitrogen and oxygen atoms in total. The van der Waals surface area contributed by atoms with Crippen LogP contribution in [-0.4, -0.2) is 38.0 Å². The molecule has 27 heavy (non-hydrogen) atoms. The van der Waals surface area contributed by atoms with E-state index in [9.17, 15) is 4.79 Å². The molecule has 1 amide bonds. The number of nitrogens with one attached hydrogen (secondary N) is 1. The molecule has 4 rings (SSSR count). The third-order valence-corrected chi connectivity index (χ3v) is 5.19. The molecule has 8 heteroatoms. The van der Waals surface area contributed by atoms with Gasteiger partial charge in [-0.05, 0) is 19.1 Å². The first-order chi connectivity index (χ1) is 13.2. The number of pyridine rings is 1. The van der Waals surface area contributed by atoms with E-state index in [-0.39, 0.29) is 11.7 Å². The van der Waals surface area contributed by atoms with Crippen LogP contribution in [0.15, 0.2) is 47.8 Å². The molecule has 1 aromatic carbocycles. The Bertz CT molecular complexity index is 958. The van der Waals surface area contributed by atoms with Gasteiger partial charge in [0.2, 0.25) is 5.91 Å². The molecule has 0 saturated carbocycles. The van der Waals surface area contributed by atoms with Crippen molar-refractivity contribution in [1.82, 2.24) is 19.7 Å². The summed E-state index contributed by atoms with van der Waals surface area (Å²) in [6.07, 6.45) is 2.73. The molecule has 0 fully saturated rings. The number of rotatable bonds is 6. The van der Waals surface area contributed by atoms with Gasteiger partial charge in [-0.3, -0.25) is 9.78 Å². The molecule has 1 aliphatic heterocycles. The molecule has 0 unspecified atom stereocenters. The fraction of sp³-hybridized carbons (Fsp3) is 0.263. The van der Waals surface area contributed by atoms with Gasteiger partial charge in [-0.25, -0.2) is 0 Å². The first kappa shape index (κ1) is 17.5. The molecular formula is C19H19N5O2S. The molecule has 138 valence electrons. The molecular weight excluding hydrogens is 362 g/mol. The van der Waals surface area contributed by atoms with E-state index in [2.05, 4.69) is 20.5 Å². The number of thioether (sulfide) groups is 1. The van der Waals surface area contributed by atoms with Crippen LogP contribution in [0, 0.1) is 0 Å². The van der Waals surface area contributed by atoms with Gasteiger partial charge in [-0.1, -0.05) is 30.0 Å². The molecule has 0 radical (unpaired) electrons. The lowest BCUT2D eigenvalue weighted by Crippen LogP contribution is -2.14. The van der Waals surface area contributed by atoms with Crippen LogP contribution in [0.25, 0.3) is 11.5 Å². The average molecular weight is 381 g/mol. The zero-order chi connectivity index (χ0) is 18.6. The zero-order valence-electron chi connectivity index (χ0n) is 14.9. The number of nitrogens with zero attached hydrogens (tertiary/aromatic N) is 4. The van der Waals surface area contributed by atoms with Gasteiger partial charge in [-0.2, -0.15) is 0 Å². The Kier molecular flexibility index (Phi) is 5.06. The van der Waals surface area contributed by atoms with Crippen LogP contribution in [0.1, 0.15) is 12.5 Å². The summed E-state index contributed by atoms with van der Waals surface area (Å²) < 4.78 is 7.58. The van der Waals surface area contributed by atoms with Gasteiger partial charge in [0, 0.05) is 36.5 Å². The van der Waals surface area contributed by atoms with Crippen molar-refractivity contribution < 1.29 is 9.53 Å². The first-order valence-corrected chi connectivity index (χ1v) is 9.76. The third kappa shape index (κ3) is 3.80. The fourth-order valence-electron chi connectivity index (χ4n) is 2.90. The van der Waals surface area contributed by atoms with E-state index in [1.54, 1.807) is 0 Å². The Labute approximate surface area is 161 Å². The van der Waals surface area contributed by atoms with E-state index in [1.165, 1.54) is 11.8 Å². The Morgan fingerprint density at radius 3 is 2.96 bits per heavy atom. The van der Waals surface area contributed by atoms with Crippen LogP contribution in [0.2, 0.25) is 0 Å². The first-order valence-electron chi connectivity index (χ1n) is 8.77. The van der Waals surface area contributed by atoms with Gasteiger partial charge in [-0.15, -0.1) is 10.2 Å². The maximum Gasteiger partial charge on any atom is 0.234 e. The second-order valence-corrected chi connectivity index (χ2v) is 6.97. The van der Waals surface area contributed by atoms with Crippen molar-refractivity contribution in [2.24, 2.45) is 0 Å². The number of carbonyl (C=O) groups excluding carboxylic acids is 1. The van der Waals surface area contributed by atoms with Crippen molar-refractivity contribution in [2.45, 2.75) is 25.0 Å². The van der Waals surface area contributed by atoms with Crippen LogP contribution in [0.4, 0.5) is 5.69 Å². The molecule has 3 aromatic rings. The summed E-state index contributed by atoms with van der Waals surface area (Å²) in [4.78, 5) is 16.7. The van der Waals surface area contributed by atoms with Gasteiger partial charge in [0.1, 0.15) is 11.4 Å². The number of ether oxygens (including phenoxy) is 1. The maximum absolute atomic E-state index is 12.2. The molecule has 0 atom stereocenters. The highest BCUT2D eigenvalue weighted by atomic mass is 32.2. The minimum absolute atomic E-state index is 0.0811. The highest BCUT2D eigenvalue weighted by Crippen LogP contribution is 2.30. The van der Waals surface area contributed by atoms with Crippen molar-refractivity contribution in [3.8, 4) is 17.3 Å². The number of amides is 1. The van der Waals surface area contributed by atoms with Crippen LogP contribution < -0.4 is 10.1 Å². The summed E-state index contributed by atoms with van der Waals surface area (Å²) in [5.74, 6) is 1.72. The summed E-state index contributed by atoms with van der Waals surface area (Å²) in [6.45, 7) is 3.40. The van der Waals surface area contributed by atoms with Crippen LogP contribution in [0.3, 0.4) is 0 Å². The van der Waals surface area contributed by atoms with E-state index in [0.29, 0.717) is 24.1 Å². The van der Waals surface area contributed by atoms with Gasteiger partial charge < -0.3 is 14.6 Å². The second kappa shape index (κ2) is 7.79. The SMILES string of the molecule is CCn1c(SCC(=O)Nc2ccccc2)nnc1-c1cc2c(cn1)CCO2. The highest BCUT2D eigenvalue weighted by molar-refractivity contribution is 7.99. The van der Waals surface area contributed by atoms with E-state index in [1.807, 2.05) is 54.1 Å². The Morgan fingerprint density at radius 2 is 2.15 bits per heavy atom. The lowest BCUT2D eigenvalue weighted by Gasteiger charge is -2.08. The van der Waals surface area contributed by atoms with E-state index in [4.69, 9.17) is 4.74 Å². The van der Waals surface area contributed by atoms with Gasteiger partial charge in [0.15, 0.2) is 11.0 Å². The molecule has 1 aliphatic rings. The summed E-state index contributed by atoms with van der Waals surface area (Å²) in [7, 11) is 0. The van der Waals surface area contributed by atoms with Gasteiger partial charge in [0.25, 0.3) is 0 Å². The largest absolute Gasteiger partial charge is 0.493 e. The van der Waals surface area contributed by atoms with E-state index in [0.717, 1.165) is 29.1 Å². The summed E-state index contributed by atoms with van der Waals surface area (Å²) in [5.41, 5.74) is 2.63. The monoisotopic (exact) mass is 381 g/mol. The quantitative estimate of drug-likeness (QED) is 0.661. The number of aromatic nitrogens is 4. The van der Waals surface area contributed by atoms with Crippen molar-refractivity contribution in [3.63, 3.8) is 0 Å². The van der Waals surface area contributed by atoms with E-state index >= 15 is 0 Å². The van der Waals surface area contributed by atoms with Gasteiger partial charge >= 0.3 is 0 Å². The smallest absolute Gasteiger partial charge is 0.234 e. The predicted octanol–water partition coefficient (Wildman–Crippen LogP) is 3.03. The van der Waals surface area contributed by atoms with Crippen LogP contribution >= 0.6 is 11.8 Å².